The van der Waals surface area contributed by atoms with E-state index < -0.39 is 0 Å². The number of rotatable bonds is 5. The largest absolute Gasteiger partial charge is 0.369 e. The molecule has 0 saturated heterocycles. The van der Waals surface area contributed by atoms with Crippen LogP contribution in [0, 0.1) is 52.8 Å². The van der Waals surface area contributed by atoms with Gasteiger partial charge in [-0.1, -0.05) is 6.42 Å². The molecule has 7 rings (SSSR count). The number of fused-ring (bicyclic) bond motifs is 2. The fourth-order valence-corrected chi connectivity index (χ4v) is 8.30. The summed E-state index contributed by atoms with van der Waals surface area (Å²) in [7, 11) is 0. The fraction of sp³-hybridized carbons (Fsp3) is 0.800. The number of nitrogens with two attached hydrogens (primary N) is 1. The molecular weight excluding hydrogens is 384 g/mol. The van der Waals surface area contributed by atoms with Crippen molar-refractivity contribution in [1.82, 2.24) is 9.97 Å². The van der Waals surface area contributed by atoms with Gasteiger partial charge in [0.2, 0.25) is 5.95 Å². The van der Waals surface area contributed by atoms with Gasteiger partial charge in [-0.3, -0.25) is 0 Å². The van der Waals surface area contributed by atoms with Crippen molar-refractivity contribution in [2.45, 2.75) is 76.3 Å². The summed E-state index contributed by atoms with van der Waals surface area (Å²) >= 11 is 0. The maximum Gasteiger partial charge on any atom is 0.224 e. The Bertz CT molecular complexity index is 820. The van der Waals surface area contributed by atoms with Crippen LogP contribution in [0.3, 0.4) is 0 Å². The monoisotopic (exact) mass is 420 g/mol. The van der Waals surface area contributed by atoms with Gasteiger partial charge in [0.15, 0.2) is 0 Å². The molecule has 6 heteroatoms. The van der Waals surface area contributed by atoms with Crippen LogP contribution in [0.15, 0.2) is 6.20 Å². The van der Waals surface area contributed by atoms with Crippen molar-refractivity contribution in [1.29, 1.82) is 5.26 Å². The lowest BCUT2D eigenvalue weighted by Gasteiger charge is -2.54. The number of nitrogens with zero attached hydrogens (tertiary/aromatic N) is 3. The molecule has 0 spiro atoms. The fourth-order valence-electron chi connectivity index (χ4n) is 8.30. The van der Waals surface area contributed by atoms with E-state index in [9.17, 15) is 5.26 Å². The average molecular weight is 421 g/mol. The van der Waals surface area contributed by atoms with Crippen LogP contribution in [0.1, 0.15) is 69.8 Å². The Hall–Kier alpha value is -1.87. The molecule has 6 bridgehead atoms. The smallest absolute Gasteiger partial charge is 0.224 e. The molecule has 6 aliphatic carbocycles. The molecule has 6 nitrogen and oxygen atoms in total. The summed E-state index contributed by atoms with van der Waals surface area (Å²) in [5, 5.41) is 16.8. The number of anilines is 2. The number of hydrogen-bond donors (Lipinski definition) is 3. The first-order valence-electron chi connectivity index (χ1n) is 12.7. The van der Waals surface area contributed by atoms with Gasteiger partial charge >= 0.3 is 0 Å². The molecule has 0 aromatic carbocycles. The van der Waals surface area contributed by atoms with E-state index in [0.717, 1.165) is 30.2 Å². The molecule has 1 aromatic heterocycles. The Morgan fingerprint density at radius 3 is 2.29 bits per heavy atom. The van der Waals surface area contributed by atoms with Gasteiger partial charge in [0.25, 0.3) is 0 Å². The third-order valence-corrected chi connectivity index (χ3v) is 9.50. The van der Waals surface area contributed by atoms with Crippen molar-refractivity contribution in [2.75, 3.05) is 17.2 Å². The van der Waals surface area contributed by atoms with Gasteiger partial charge in [0, 0.05) is 18.6 Å². The number of nitriles is 1. The van der Waals surface area contributed by atoms with Crippen LogP contribution < -0.4 is 16.4 Å². The van der Waals surface area contributed by atoms with Gasteiger partial charge in [-0.15, -0.1) is 0 Å². The molecule has 1 heterocycles. The SMILES string of the molecule is N#Cc1cnc(NC2C3CC4CC(C3)CC2C4)nc1NCC1C[C@H]2CCC[C@@H](C1)C2N. The summed E-state index contributed by atoms with van der Waals surface area (Å²) in [5.41, 5.74) is 7.01. The lowest BCUT2D eigenvalue weighted by Crippen LogP contribution is -2.51. The maximum atomic E-state index is 9.59. The van der Waals surface area contributed by atoms with Crippen molar-refractivity contribution in [3.63, 3.8) is 0 Å². The zero-order valence-electron chi connectivity index (χ0n) is 18.5. The van der Waals surface area contributed by atoms with E-state index in [4.69, 9.17) is 10.7 Å². The van der Waals surface area contributed by atoms with Crippen LogP contribution in [0.25, 0.3) is 0 Å². The molecule has 6 saturated carbocycles. The molecule has 0 aliphatic heterocycles. The highest BCUT2D eigenvalue weighted by molar-refractivity contribution is 5.53. The van der Waals surface area contributed by atoms with Crippen LogP contribution in [-0.2, 0) is 0 Å². The standard InChI is InChI=1S/C25H36N6/c26-11-21-13-29-25(30-23-19-5-14-4-15(7-19)8-20(23)6-14)31-24(21)28-12-16-9-17-2-1-3-18(10-16)22(17)27/h13-20,22-23H,1-10,12,27H2,(H2,28,29,30,31)/t14?,15?,16?,17-,18+,19?,20?,22?,23?. The Balaban J connectivity index is 1.13. The van der Waals surface area contributed by atoms with E-state index >= 15 is 0 Å². The molecule has 4 N–H and O–H groups in total. The van der Waals surface area contributed by atoms with Crippen LogP contribution in [0.4, 0.5) is 11.8 Å². The van der Waals surface area contributed by atoms with Crippen LogP contribution in [-0.4, -0.2) is 28.6 Å². The Labute approximate surface area is 185 Å². The average Bonchev–Trinajstić information content (AvgIpc) is 2.75. The number of nitrogens with one attached hydrogen (secondary N) is 2. The summed E-state index contributed by atoms with van der Waals surface area (Å²) in [6.45, 7) is 0.878. The number of aromatic nitrogens is 2. The van der Waals surface area contributed by atoms with Crippen molar-refractivity contribution >= 4 is 11.8 Å². The second-order valence-electron chi connectivity index (χ2n) is 11.4. The van der Waals surface area contributed by atoms with Crippen molar-refractivity contribution < 1.29 is 0 Å². The predicted octanol–water partition coefficient (Wildman–Crippen LogP) is 4.15. The predicted molar refractivity (Wildman–Crippen MR) is 121 cm³/mol. The quantitative estimate of drug-likeness (QED) is 0.662. The lowest BCUT2D eigenvalue weighted by molar-refractivity contribution is 0.00729. The van der Waals surface area contributed by atoms with Gasteiger partial charge in [0.1, 0.15) is 17.5 Å². The molecule has 2 unspecified atom stereocenters. The first-order chi connectivity index (χ1) is 15.2. The maximum absolute atomic E-state index is 9.59. The van der Waals surface area contributed by atoms with Gasteiger partial charge < -0.3 is 16.4 Å². The Kier molecular flexibility index (Phi) is 5.06. The highest BCUT2D eigenvalue weighted by atomic mass is 15.2. The van der Waals surface area contributed by atoms with Crippen molar-refractivity contribution in [3.8, 4) is 6.07 Å². The third-order valence-electron chi connectivity index (χ3n) is 9.50. The van der Waals surface area contributed by atoms with E-state index in [2.05, 4.69) is 21.7 Å². The first-order valence-corrected chi connectivity index (χ1v) is 12.7. The van der Waals surface area contributed by atoms with E-state index in [0.29, 0.717) is 47.2 Å². The van der Waals surface area contributed by atoms with Crippen LogP contribution >= 0.6 is 0 Å². The van der Waals surface area contributed by atoms with Gasteiger partial charge in [-0.25, -0.2) is 4.98 Å². The summed E-state index contributed by atoms with van der Waals surface area (Å²) in [6.07, 6.45) is 15.0. The molecule has 1 aromatic rings. The number of hydrogen-bond acceptors (Lipinski definition) is 6. The van der Waals surface area contributed by atoms with Gasteiger partial charge in [0.05, 0.1) is 6.20 Å². The van der Waals surface area contributed by atoms with Crippen LogP contribution in [0.2, 0.25) is 0 Å². The van der Waals surface area contributed by atoms with E-state index in [1.54, 1.807) is 6.20 Å². The van der Waals surface area contributed by atoms with Gasteiger partial charge in [-0.05, 0) is 99.2 Å². The highest BCUT2D eigenvalue weighted by Crippen LogP contribution is 2.54. The Morgan fingerprint density at radius 1 is 0.968 bits per heavy atom. The molecule has 31 heavy (non-hydrogen) atoms. The third kappa shape index (κ3) is 3.69. The van der Waals surface area contributed by atoms with E-state index in [1.807, 2.05) is 0 Å². The normalized spacial score (nSPS) is 42.8. The molecule has 6 aliphatic rings. The minimum atomic E-state index is 0.399. The minimum absolute atomic E-state index is 0.399. The van der Waals surface area contributed by atoms with Crippen molar-refractivity contribution in [3.05, 3.63) is 11.8 Å². The van der Waals surface area contributed by atoms with Crippen LogP contribution in [0.5, 0.6) is 0 Å². The summed E-state index contributed by atoms with van der Waals surface area (Å²) < 4.78 is 0. The topological polar surface area (TPSA) is 99.6 Å². The summed E-state index contributed by atoms with van der Waals surface area (Å²) in [6, 6.07) is 3.18. The van der Waals surface area contributed by atoms with E-state index in [1.165, 1.54) is 64.2 Å². The molecule has 166 valence electrons. The molecular formula is C25H36N6. The lowest BCUT2D eigenvalue weighted by atomic mass is 9.54. The highest BCUT2D eigenvalue weighted by Gasteiger charge is 2.48. The molecule has 0 amide bonds. The zero-order valence-corrected chi connectivity index (χ0v) is 18.5. The molecule has 6 fully saturated rings. The molecule has 0 radical (unpaired) electrons. The first kappa shape index (κ1) is 19.8. The molecule has 4 atom stereocenters. The second-order valence-corrected chi connectivity index (χ2v) is 11.4. The minimum Gasteiger partial charge on any atom is -0.369 e. The van der Waals surface area contributed by atoms with E-state index in [-0.39, 0.29) is 0 Å². The second kappa shape index (κ2) is 7.92. The Morgan fingerprint density at radius 2 is 1.65 bits per heavy atom. The van der Waals surface area contributed by atoms with Crippen molar-refractivity contribution in [2.24, 2.45) is 47.2 Å². The van der Waals surface area contributed by atoms with Gasteiger partial charge in [-0.2, -0.15) is 10.2 Å². The summed E-state index contributed by atoms with van der Waals surface area (Å²) in [4.78, 5) is 9.30. The zero-order chi connectivity index (χ0) is 20.9. The summed E-state index contributed by atoms with van der Waals surface area (Å²) in [5.74, 6) is 6.84.